The molecule has 1 aliphatic rings. The molecule has 17 heavy (non-hydrogen) atoms. The van der Waals surface area contributed by atoms with Gasteiger partial charge in [0.15, 0.2) is 0 Å². The van der Waals surface area contributed by atoms with Crippen molar-refractivity contribution in [2.45, 2.75) is 26.3 Å². The van der Waals surface area contributed by atoms with Crippen LogP contribution in [0.3, 0.4) is 0 Å². The molecule has 1 fully saturated rings. The number of aryl methyl sites for hydroxylation is 1. The maximum atomic E-state index is 2.57. The number of hydrogen-bond donors (Lipinski definition) is 0. The molecule has 0 atom stereocenters. The summed E-state index contributed by atoms with van der Waals surface area (Å²) in [5.74, 6) is 0. The van der Waals surface area contributed by atoms with E-state index in [4.69, 9.17) is 0 Å². The molecule has 2 aromatic rings. The summed E-state index contributed by atoms with van der Waals surface area (Å²) < 4.78 is 2.38. The lowest BCUT2D eigenvalue weighted by molar-refractivity contribution is 0.324. The van der Waals surface area contributed by atoms with Gasteiger partial charge in [-0.2, -0.15) is 0 Å². The van der Waals surface area contributed by atoms with Crippen molar-refractivity contribution >= 4 is 10.9 Å². The van der Waals surface area contributed by atoms with Crippen LogP contribution in [0, 0.1) is 6.92 Å². The Labute approximate surface area is 103 Å². The lowest BCUT2D eigenvalue weighted by atomic mass is 10.2. The molecule has 0 amide bonds. The number of likely N-dealkylation sites (tertiary alicyclic amines) is 1. The standard InChI is InChI=1S/C15H20N2/c1-13-4-5-15-14(12-13)6-9-17(15)11-10-16-7-2-3-8-16/h4-6,9,12H,2-3,7-8,10-11H2,1H3. The van der Waals surface area contributed by atoms with Crippen LogP contribution < -0.4 is 0 Å². The lowest BCUT2D eigenvalue weighted by Gasteiger charge is -2.15. The summed E-state index contributed by atoms with van der Waals surface area (Å²) >= 11 is 0. The molecule has 1 aromatic heterocycles. The average molecular weight is 228 g/mol. The smallest absolute Gasteiger partial charge is 0.0480 e. The van der Waals surface area contributed by atoms with Crippen LogP contribution in [-0.2, 0) is 6.54 Å². The van der Waals surface area contributed by atoms with Gasteiger partial charge in [-0.3, -0.25) is 0 Å². The Balaban J connectivity index is 1.76. The summed E-state index contributed by atoms with van der Waals surface area (Å²) in [6, 6.07) is 8.94. The van der Waals surface area contributed by atoms with Crippen LogP contribution in [0.1, 0.15) is 18.4 Å². The molecule has 0 aliphatic carbocycles. The third-order valence-electron chi connectivity index (χ3n) is 3.78. The van der Waals surface area contributed by atoms with E-state index in [9.17, 15) is 0 Å². The zero-order valence-corrected chi connectivity index (χ0v) is 10.5. The first-order valence-corrected chi connectivity index (χ1v) is 6.61. The second kappa shape index (κ2) is 4.53. The van der Waals surface area contributed by atoms with Gasteiger partial charge in [0.05, 0.1) is 0 Å². The largest absolute Gasteiger partial charge is 0.346 e. The molecule has 0 unspecified atom stereocenters. The van der Waals surface area contributed by atoms with Gasteiger partial charge in [-0.1, -0.05) is 11.6 Å². The predicted molar refractivity (Wildman–Crippen MR) is 72.3 cm³/mol. The highest BCUT2D eigenvalue weighted by Gasteiger charge is 2.11. The second-order valence-electron chi connectivity index (χ2n) is 5.12. The molecule has 1 aromatic carbocycles. The third-order valence-corrected chi connectivity index (χ3v) is 3.78. The Morgan fingerprint density at radius 2 is 1.88 bits per heavy atom. The summed E-state index contributed by atoms with van der Waals surface area (Å²) in [5.41, 5.74) is 2.71. The van der Waals surface area contributed by atoms with Gasteiger partial charge in [-0.05, 0) is 56.4 Å². The Morgan fingerprint density at radius 3 is 2.71 bits per heavy atom. The Morgan fingerprint density at radius 1 is 1.06 bits per heavy atom. The molecular formula is C15H20N2. The van der Waals surface area contributed by atoms with Gasteiger partial charge in [-0.25, -0.2) is 0 Å². The van der Waals surface area contributed by atoms with Crippen LogP contribution in [0.5, 0.6) is 0 Å². The summed E-state index contributed by atoms with van der Waals surface area (Å²) in [7, 11) is 0. The molecule has 1 aliphatic heterocycles. The molecule has 0 bridgehead atoms. The molecule has 0 saturated carbocycles. The fourth-order valence-corrected chi connectivity index (χ4v) is 2.77. The first kappa shape index (κ1) is 10.8. The molecule has 2 heteroatoms. The summed E-state index contributed by atoms with van der Waals surface area (Å²) in [5, 5.41) is 1.37. The van der Waals surface area contributed by atoms with E-state index in [1.807, 2.05) is 0 Å². The van der Waals surface area contributed by atoms with Gasteiger partial charge in [0.2, 0.25) is 0 Å². The molecule has 90 valence electrons. The molecule has 0 N–H and O–H groups in total. The monoisotopic (exact) mass is 228 g/mol. The van der Waals surface area contributed by atoms with E-state index in [0.717, 1.165) is 6.54 Å². The van der Waals surface area contributed by atoms with Crippen molar-refractivity contribution in [3.05, 3.63) is 36.0 Å². The van der Waals surface area contributed by atoms with E-state index in [-0.39, 0.29) is 0 Å². The fourth-order valence-electron chi connectivity index (χ4n) is 2.77. The minimum Gasteiger partial charge on any atom is -0.346 e. The van der Waals surface area contributed by atoms with Crippen LogP contribution >= 0.6 is 0 Å². The van der Waals surface area contributed by atoms with Crippen LogP contribution in [0.2, 0.25) is 0 Å². The molecule has 0 spiro atoms. The number of fused-ring (bicyclic) bond motifs is 1. The van der Waals surface area contributed by atoms with Crippen LogP contribution in [-0.4, -0.2) is 29.1 Å². The first-order valence-electron chi connectivity index (χ1n) is 6.61. The summed E-state index contributed by atoms with van der Waals surface area (Å²) in [6.45, 7) is 7.04. The quantitative estimate of drug-likeness (QED) is 0.784. The third kappa shape index (κ3) is 2.22. The van der Waals surface area contributed by atoms with Gasteiger partial charge in [0.1, 0.15) is 0 Å². The number of aromatic nitrogens is 1. The highest BCUT2D eigenvalue weighted by Crippen LogP contribution is 2.17. The first-order chi connectivity index (χ1) is 8.33. The van der Waals surface area contributed by atoms with Crippen LogP contribution in [0.4, 0.5) is 0 Å². The van der Waals surface area contributed by atoms with Crippen molar-refractivity contribution in [2.75, 3.05) is 19.6 Å². The van der Waals surface area contributed by atoms with Crippen molar-refractivity contribution in [3.8, 4) is 0 Å². The van der Waals surface area contributed by atoms with Gasteiger partial charge >= 0.3 is 0 Å². The maximum Gasteiger partial charge on any atom is 0.0480 e. The molecule has 1 saturated heterocycles. The Kier molecular flexibility index (Phi) is 2.89. The zero-order valence-electron chi connectivity index (χ0n) is 10.5. The Hall–Kier alpha value is -1.28. The fraction of sp³-hybridized carbons (Fsp3) is 0.467. The zero-order chi connectivity index (χ0) is 11.7. The van der Waals surface area contributed by atoms with Gasteiger partial charge < -0.3 is 9.47 Å². The number of nitrogens with zero attached hydrogens (tertiary/aromatic N) is 2. The number of rotatable bonds is 3. The molecule has 2 nitrogen and oxygen atoms in total. The SMILES string of the molecule is Cc1ccc2c(ccn2CCN2CCCC2)c1. The molecule has 0 radical (unpaired) electrons. The molecular weight excluding hydrogens is 208 g/mol. The van der Waals surface area contributed by atoms with E-state index < -0.39 is 0 Å². The lowest BCUT2D eigenvalue weighted by Crippen LogP contribution is -2.23. The van der Waals surface area contributed by atoms with E-state index in [2.05, 4.69) is 46.9 Å². The van der Waals surface area contributed by atoms with Crippen molar-refractivity contribution in [3.63, 3.8) is 0 Å². The summed E-state index contributed by atoms with van der Waals surface area (Å²) in [4.78, 5) is 2.57. The Bertz CT molecular complexity index is 507. The minimum atomic E-state index is 1.12. The van der Waals surface area contributed by atoms with Crippen LogP contribution in [0.25, 0.3) is 10.9 Å². The number of hydrogen-bond acceptors (Lipinski definition) is 1. The van der Waals surface area contributed by atoms with Crippen molar-refractivity contribution in [2.24, 2.45) is 0 Å². The minimum absolute atomic E-state index is 1.12. The van der Waals surface area contributed by atoms with E-state index in [1.165, 1.54) is 48.9 Å². The summed E-state index contributed by atoms with van der Waals surface area (Å²) in [6.07, 6.45) is 4.98. The maximum absolute atomic E-state index is 2.57. The van der Waals surface area contributed by atoms with Crippen LogP contribution in [0.15, 0.2) is 30.5 Å². The topological polar surface area (TPSA) is 8.17 Å². The second-order valence-corrected chi connectivity index (χ2v) is 5.12. The van der Waals surface area contributed by atoms with Crippen molar-refractivity contribution in [1.82, 2.24) is 9.47 Å². The molecule has 2 heterocycles. The van der Waals surface area contributed by atoms with E-state index in [0.29, 0.717) is 0 Å². The van der Waals surface area contributed by atoms with Gasteiger partial charge in [0, 0.05) is 24.8 Å². The van der Waals surface area contributed by atoms with E-state index in [1.54, 1.807) is 0 Å². The normalized spacial score (nSPS) is 17.0. The highest BCUT2D eigenvalue weighted by atomic mass is 15.2. The molecule has 3 rings (SSSR count). The predicted octanol–water partition coefficient (Wildman–Crippen LogP) is 3.05. The van der Waals surface area contributed by atoms with Crippen molar-refractivity contribution in [1.29, 1.82) is 0 Å². The van der Waals surface area contributed by atoms with Gasteiger partial charge in [0.25, 0.3) is 0 Å². The number of benzene rings is 1. The van der Waals surface area contributed by atoms with Crippen molar-refractivity contribution < 1.29 is 0 Å². The van der Waals surface area contributed by atoms with E-state index >= 15 is 0 Å². The highest BCUT2D eigenvalue weighted by molar-refractivity contribution is 5.80. The van der Waals surface area contributed by atoms with Gasteiger partial charge in [-0.15, -0.1) is 0 Å². The average Bonchev–Trinajstić information content (AvgIpc) is 2.94.